The molecule has 0 amide bonds. The third-order valence-electron chi connectivity index (χ3n) is 14.0. The highest BCUT2D eigenvalue weighted by Gasteiger charge is 2.41. The van der Waals surface area contributed by atoms with Crippen LogP contribution in [-0.4, -0.2) is 17.6 Å². The number of hydrogen-bond donors (Lipinski definition) is 0. The molecule has 0 heterocycles. The first-order chi connectivity index (χ1) is 31.0. The van der Waals surface area contributed by atoms with Crippen LogP contribution in [-0.2, 0) is 0 Å². The molecule has 10 rings (SSSR count). The van der Waals surface area contributed by atoms with Gasteiger partial charge in [0, 0.05) is 22.3 Å². The lowest BCUT2D eigenvalue weighted by atomic mass is 9.87. The fourth-order valence-corrected chi connectivity index (χ4v) is 16.7. The molecular formula is C62H54Si2. The van der Waals surface area contributed by atoms with Gasteiger partial charge in [-0.05, 0) is 157 Å². The van der Waals surface area contributed by atoms with Gasteiger partial charge >= 0.3 is 0 Å². The molecule has 10 aromatic rings. The summed E-state index contributed by atoms with van der Waals surface area (Å²) in [6, 6.07) is 53.9. The van der Waals surface area contributed by atoms with Crippen molar-refractivity contribution in [3.8, 4) is 34.8 Å². The molecule has 64 heavy (non-hydrogen) atoms. The lowest BCUT2D eigenvalue weighted by molar-refractivity contribution is 0.838. The van der Waals surface area contributed by atoms with Crippen LogP contribution in [0.5, 0.6) is 0 Å². The third-order valence-corrected chi connectivity index (χ3v) is 21.5. The standard InChI is InChI=1S/C62H54Si2/c1-39(2)63-29-27-53-59-35-47-21-13-9-17-43(47)31-55(59)51(56-32-44-18-10-14-22-48(44)36-60(53)56)25-26-52-57-33-45-19-11-15-23-49(45)37-61(57)54(28-30-64(40(3)4,41(5)6)42(7)8)62-38-50-24-16-12-20-46(50)34-58(52)62/h9-24,31-42H,63H2,1-8H3. The highest BCUT2D eigenvalue weighted by molar-refractivity contribution is 6.90. The number of hydrogen-bond acceptors (Lipinski definition) is 0. The molecule has 0 atom stereocenters. The summed E-state index contributed by atoms with van der Waals surface area (Å²) in [5.41, 5.74) is 14.4. The van der Waals surface area contributed by atoms with Gasteiger partial charge < -0.3 is 0 Å². The molecule has 0 unspecified atom stereocenters. The first-order valence-corrected chi connectivity index (χ1v) is 26.9. The molecule has 0 aromatic heterocycles. The average molecular weight is 855 g/mol. The van der Waals surface area contributed by atoms with Crippen molar-refractivity contribution in [3.05, 3.63) is 168 Å². The number of rotatable bonds is 4. The molecule has 0 nitrogen and oxygen atoms in total. The van der Waals surface area contributed by atoms with Gasteiger partial charge in [-0.1, -0.05) is 176 Å². The quantitative estimate of drug-likeness (QED) is 0.0940. The van der Waals surface area contributed by atoms with Crippen molar-refractivity contribution in [1.82, 2.24) is 0 Å². The van der Waals surface area contributed by atoms with Crippen molar-refractivity contribution >= 4 is 104 Å². The zero-order valence-corrected chi connectivity index (χ0v) is 40.8. The summed E-state index contributed by atoms with van der Waals surface area (Å²) in [7, 11) is -2.63. The Morgan fingerprint density at radius 1 is 0.328 bits per heavy atom. The van der Waals surface area contributed by atoms with Gasteiger partial charge in [0.05, 0.1) is 0 Å². The Kier molecular flexibility index (Phi) is 10.7. The van der Waals surface area contributed by atoms with E-state index in [1.165, 1.54) is 64.6 Å². The molecule has 0 aliphatic carbocycles. The van der Waals surface area contributed by atoms with E-state index >= 15 is 0 Å². The van der Waals surface area contributed by atoms with Gasteiger partial charge in [-0.2, -0.15) is 0 Å². The minimum Gasteiger partial charge on any atom is -0.134 e. The monoisotopic (exact) mass is 854 g/mol. The second kappa shape index (κ2) is 16.5. The predicted octanol–water partition coefficient (Wildman–Crippen LogP) is 16.2. The summed E-state index contributed by atoms with van der Waals surface area (Å²) in [6.45, 7) is 19.0. The molecule has 0 radical (unpaired) electrons. The van der Waals surface area contributed by atoms with Gasteiger partial charge in [-0.25, -0.2) is 0 Å². The zero-order chi connectivity index (χ0) is 44.3. The molecule has 0 spiro atoms. The van der Waals surface area contributed by atoms with Crippen molar-refractivity contribution < 1.29 is 0 Å². The molecule has 0 N–H and O–H groups in total. The van der Waals surface area contributed by atoms with E-state index in [9.17, 15) is 0 Å². The van der Waals surface area contributed by atoms with Gasteiger partial charge in [0.25, 0.3) is 0 Å². The Labute approximate surface area is 381 Å². The van der Waals surface area contributed by atoms with Crippen LogP contribution in [0.3, 0.4) is 0 Å². The summed E-state index contributed by atoms with van der Waals surface area (Å²) in [4.78, 5) is 0. The summed E-state index contributed by atoms with van der Waals surface area (Å²) in [5.74, 6) is 15.7. The molecular weight excluding hydrogens is 801 g/mol. The van der Waals surface area contributed by atoms with E-state index in [-0.39, 0.29) is 0 Å². The molecule has 0 saturated carbocycles. The van der Waals surface area contributed by atoms with Gasteiger partial charge in [0.1, 0.15) is 17.6 Å². The van der Waals surface area contributed by atoms with Crippen molar-refractivity contribution in [1.29, 1.82) is 0 Å². The Bertz CT molecular complexity index is 3520. The second-order valence-electron chi connectivity index (χ2n) is 19.3. The molecule has 10 aromatic carbocycles. The molecule has 0 fully saturated rings. The predicted molar refractivity (Wildman–Crippen MR) is 287 cm³/mol. The lowest BCUT2D eigenvalue weighted by Crippen LogP contribution is -2.43. The molecule has 0 saturated heterocycles. The van der Waals surface area contributed by atoms with Crippen LogP contribution >= 0.6 is 0 Å². The van der Waals surface area contributed by atoms with Crippen molar-refractivity contribution in [2.75, 3.05) is 0 Å². The topological polar surface area (TPSA) is 0 Å². The minimum atomic E-state index is -2.07. The van der Waals surface area contributed by atoms with Gasteiger partial charge in [-0.3, -0.25) is 0 Å². The fourth-order valence-electron chi connectivity index (χ4n) is 10.8. The fraction of sp³-hybridized carbons (Fsp3) is 0.194. The van der Waals surface area contributed by atoms with E-state index in [0.29, 0.717) is 22.2 Å². The lowest BCUT2D eigenvalue weighted by Gasteiger charge is -2.38. The normalized spacial score (nSPS) is 12.2. The molecule has 2 heteroatoms. The minimum absolute atomic E-state index is 0.526. The van der Waals surface area contributed by atoms with Crippen LogP contribution < -0.4 is 0 Å². The highest BCUT2D eigenvalue weighted by atomic mass is 28.3. The van der Waals surface area contributed by atoms with E-state index in [1.54, 1.807) is 0 Å². The maximum absolute atomic E-state index is 4.15. The third kappa shape index (κ3) is 7.06. The summed E-state index contributed by atoms with van der Waals surface area (Å²) in [6.07, 6.45) is 0. The summed E-state index contributed by atoms with van der Waals surface area (Å²) < 4.78 is 0. The van der Waals surface area contributed by atoms with Crippen LogP contribution in [0.25, 0.3) is 86.2 Å². The summed E-state index contributed by atoms with van der Waals surface area (Å²) in [5, 5.41) is 18.9. The van der Waals surface area contributed by atoms with E-state index < -0.39 is 17.6 Å². The van der Waals surface area contributed by atoms with E-state index in [4.69, 9.17) is 0 Å². The van der Waals surface area contributed by atoms with Crippen molar-refractivity contribution in [2.45, 2.75) is 77.6 Å². The Morgan fingerprint density at radius 3 is 0.797 bits per heavy atom. The van der Waals surface area contributed by atoms with E-state index in [1.807, 2.05) is 0 Å². The largest absolute Gasteiger partial charge is 0.146 e. The van der Waals surface area contributed by atoms with Gasteiger partial charge in [-0.15, -0.1) is 11.1 Å². The van der Waals surface area contributed by atoms with E-state index in [0.717, 1.165) is 43.8 Å². The van der Waals surface area contributed by atoms with Crippen LogP contribution in [0.1, 0.15) is 77.6 Å². The van der Waals surface area contributed by atoms with Crippen molar-refractivity contribution in [2.24, 2.45) is 0 Å². The molecule has 0 aliphatic rings. The first-order valence-electron chi connectivity index (χ1n) is 23.2. The SMILES string of the molecule is CC(C)[SiH2]C#Cc1c2cc3ccccc3cc2c(C#Cc2c3cc4ccccc4cc3c(C#C[Si](C(C)C)(C(C)C)C(C)C)c3cc4ccccc4cc23)c2cc3ccccc3cc12. The highest BCUT2D eigenvalue weighted by Crippen LogP contribution is 2.43. The first kappa shape index (κ1) is 41.4. The molecule has 0 aliphatic heterocycles. The molecule has 0 bridgehead atoms. The maximum Gasteiger partial charge on any atom is 0.146 e. The summed E-state index contributed by atoms with van der Waals surface area (Å²) >= 11 is 0. The van der Waals surface area contributed by atoms with Crippen LogP contribution in [0.4, 0.5) is 0 Å². The van der Waals surface area contributed by atoms with Crippen molar-refractivity contribution in [3.63, 3.8) is 0 Å². The van der Waals surface area contributed by atoms with Gasteiger partial charge in [0.2, 0.25) is 0 Å². The van der Waals surface area contributed by atoms with Crippen LogP contribution in [0.15, 0.2) is 146 Å². The Hall–Kier alpha value is -6.61. The smallest absolute Gasteiger partial charge is 0.134 e. The second-order valence-corrected chi connectivity index (χ2v) is 27.3. The van der Waals surface area contributed by atoms with Crippen LogP contribution in [0.2, 0.25) is 22.2 Å². The Morgan fingerprint density at radius 2 is 0.562 bits per heavy atom. The van der Waals surface area contributed by atoms with E-state index in [2.05, 4.69) is 236 Å². The zero-order valence-electron chi connectivity index (χ0n) is 38.4. The molecule has 310 valence electrons. The van der Waals surface area contributed by atoms with Gasteiger partial charge in [0.15, 0.2) is 0 Å². The number of benzene rings is 10. The average Bonchev–Trinajstić information content (AvgIpc) is 3.29. The maximum atomic E-state index is 4.15. The number of fused-ring (bicyclic) bond motifs is 8. The van der Waals surface area contributed by atoms with Crippen LogP contribution in [0, 0.1) is 34.8 Å². The Balaban J connectivity index is 1.37.